The van der Waals surface area contributed by atoms with Crippen LogP contribution in [0.3, 0.4) is 0 Å². The van der Waals surface area contributed by atoms with Crippen molar-refractivity contribution in [2.45, 2.75) is 63.4 Å². The van der Waals surface area contributed by atoms with Crippen molar-refractivity contribution >= 4 is 0 Å². The lowest BCUT2D eigenvalue weighted by Gasteiger charge is -2.40. The Morgan fingerprint density at radius 2 is 1.53 bits per heavy atom. The molecule has 2 fully saturated rings. The summed E-state index contributed by atoms with van der Waals surface area (Å²) in [7, 11) is 4.01. The first kappa shape index (κ1) is 27.0. The van der Waals surface area contributed by atoms with Gasteiger partial charge < -0.3 is 9.64 Å². The molecular formula is C29H40F3N3O. The van der Waals surface area contributed by atoms with Gasteiger partial charge in [0.15, 0.2) is 0 Å². The Balaban J connectivity index is 1.34. The van der Waals surface area contributed by atoms with Crippen LogP contribution in [0.2, 0.25) is 0 Å². The lowest BCUT2D eigenvalue weighted by Crippen LogP contribution is -2.50. The highest BCUT2D eigenvalue weighted by atomic mass is 19.4. The highest BCUT2D eigenvalue weighted by Crippen LogP contribution is 2.32. The molecule has 36 heavy (non-hydrogen) atoms. The maximum Gasteiger partial charge on any atom is 0.416 e. The Bertz CT molecular complexity index is 916. The SMILES string of the molecule is CN(C)CCC(Oc1ccc(C(F)(F)F)cc1)c1ccc(CN2CCN(C3CCCCC3)CC2)cc1. The predicted octanol–water partition coefficient (Wildman–Crippen LogP) is 6.23. The van der Waals surface area contributed by atoms with Crippen LogP contribution in [0.25, 0.3) is 0 Å². The van der Waals surface area contributed by atoms with Crippen LogP contribution in [-0.4, -0.2) is 67.6 Å². The molecule has 2 aromatic rings. The van der Waals surface area contributed by atoms with Gasteiger partial charge in [-0.05, 0) is 62.3 Å². The quantitative estimate of drug-likeness (QED) is 0.404. The maximum atomic E-state index is 12.9. The van der Waals surface area contributed by atoms with E-state index in [0.29, 0.717) is 5.75 Å². The van der Waals surface area contributed by atoms with Crippen molar-refractivity contribution in [1.29, 1.82) is 0 Å². The summed E-state index contributed by atoms with van der Waals surface area (Å²) >= 11 is 0. The van der Waals surface area contributed by atoms with Gasteiger partial charge in [-0.3, -0.25) is 9.80 Å². The Hall–Kier alpha value is -2.09. The van der Waals surface area contributed by atoms with E-state index in [1.54, 1.807) is 0 Å². The van der Waals surface area contributed by atoms with E-state index in [1.165, 1.54) is 49.8 Å². The Morgan fingerprint density at radius 3 is 2.11 bits per heavy atom. The number of piperazine rings is 1. The van der Waals surface area contributed by atoms with Crippen molar-refractivity contribution in [2.24, 2.45) is 0 Å². The third-order valence-corrected chi connectivity index (χ3v) is 7.55. The molecule has 0 bridgehead atoms. The third-order valence-electron chi connectivity index (χ3n) is 7.55. The van der Waals surface area contributed by atoms with Gasteiger partial charge in [0, 0.05) is 51.7 Å². The van der Waals surface area contributed by atoms with Gasteiger partial charge in [-0.15, -0.1) is 0 Å². The molecule has 198 valence electrons. The van der Waals surface area contributed by atoms with Crippen LogP contribution >= 0.6 is 0 Å². The van der Waals surface area contributed by atoms with Crippen molar-refractivity contribution in [1.82, 2.24) is 14.7 Å². The second-order valence-electron chi connectivity index (χ2n) is 10.6. The minimum absolute atomic E-state index is 0.225. The number of alkyl halides is 3. The summed E-state index contributed by atoms with van der Waals surface area (Å²) in [6.45, 7) is 6.31. The summed E-state index contributed by atoms with van der Waals surface area (Å²) in [4.78, 5) is 7.33. The van der Waals surface area contributed by atoms with Gasteiger partial charge in [0.25, 0.3) is 0 Å². The average molecular weight is 504 g/mol. The fourth-order valence-electron chi connectivity index (χ4n) is 5.38. The number of nitrogens with zero attached hydrogens (tertiary/aromatic N) is 3. The molecule has 0 radical (unpaired) electrons. The summed E-state index contributed by atoms with van der Waals surface area (Å²) in [5, 5.41) is 0. The van der Waals surface area contributed by atoms with Crippen LogP contribution < -0.4 is 4.74 Å². The van der Waals surface area contributed by atoms with Gasteiger partial charge in [-0.1, -0.05) is 43.5 Å². The van der Waals surface area contributed by atoms with Crippen LogP contribution in [0, 0.1) is 0 Å². The second-order valence-corrected chi connectivity index (χ2v) is 10.6. The topological polar surface area (TPSA) is 19.0 Å². The molecule has 1 heterocycles. The monoisotopic (exact) mass is 503 g/mol. The van der Waals surface area contributed by atoms with Crippen molar-refractivity contribution in [3.8, 4) is 5.75 Å². The van der Waals surface area contributed by atoms with Crippen LogP contribution in [0.4, 0.5) is 13.2 Å². The minimum Gasteiger partial charge on any atom is -0.486 e. The second kappa shape index (κ2) is 12.4. The van der Waals surface area contributed by atoms with Gasteiger partial charge in [0.1, 0.15) is 11.9 Å². The third kappa shape index (κ3) is 7.70. The fraction of sp³-hybridized carbons (Fsp3) is 0.586. The summed E-state index contributed by atoms with van der Waals surface area (Å²) in [5.74, 6) is 0.451. The highest BCUT2D eigenvalue weighted by Gasteiger charge is 2.30. The number of halogens is 3. The van der Waals surface area contributed by atoms with E-state index in [2.05, 4.69) is 39.0 Å². The van der Waals surface area contributed by atoms with Gasteiger partial charge in [0.2, 0.25) is 0 Å². The molecule has 1 saturated heterocycles. The first-order valence-electron chi connectivity index (χ1n) is 13.3. The number of hydrogen-bond donors (Lipinski definition) is 0. The van der Waals surface area contributed by atoms with Crippen molar-refractivity contribution in [3.63, 3.8) is 0 Å². The summed E-state index contributed by atoms with van der Waals surface area (Å²) in [6.07, 6.45) is 3.08. The van der Waals surface area contributed by atoms with Crippen LogP contribution in [0.15, 0.2) is 48.5 Å². The van der Waals surface area contributed by atoms with Gasteiger partial charge in [-0.25, -0.2) is 0 Å². The van der Waals surface area contributed by atoms with E-state index < -0.39 is 11.7 Å². The van der Waals surface area contributed by atoms with E-state index in [-0.39, 0.29) is 6.10 Å². The normalized spacial score (nSPS) is 19.5. The number of rotatable bonds is 9. The first-order chi connectivity index (χ1) is 17.3. The Kier molecular flexibility index (Phi) is 9.31. The molecule has 1 atom stereocenters. The molecule has 1 unspecified atom stereocenters. The summed E-state index contributed by atoms with van der Waals surface area (Å²) in [5.41, 5.74) is 1.66. The van der Waals surface area contributed by atoms with Gasteiger partial charge >= 0.3 is 6.18 Å². The van der Waals surface area contributed by atoms with E-state index in [4.69, 9.17) is 4.74 Å². The highest BCUT2D eigenvalue weighted by molar-refractivity contribution is 5.31. The fourth-order valence-corrected chi connectivity index (χ4v) is 5.38. The van der Waals surface area contributed by atoms with E-state index in [0.717, 1.165) is 69.4 Å². The molecule has 0 aromatic heterocycles. The van der Waals surface area contributed by atoms with Crippen molar-refractivity contribution < 1.29 is 17.9 Å². The summed E-state index contributed by atoms with van der Waals surface area (Å²) in [6, 6.07) is 14.3. The smallest absolute Gasteiger partial charge is 0.416 e. The average Bonchev–Trinajstić information content (AvgIpc) is 2.88. The molecule has 4 rings (SSSR count). The lowest BCUT2D eigenvalue weighted by atomic mass is 9.94. The number of ether oxygens (including phenoxy) is 1. The van der Waals surface area contributed by atoms with Crippen LogP contribution in [-0.2, 0) is 12.7 Å². The molecule has 0 spiro atoms. The zero-order valence-electron chi connectivity index (χ0n) is 21.6. The van der Waals surface area contributed by atoms with E-state index in [1.807, 2.05) is 14.1 Å². The van der Waals surface area contributed by atoms with Gasteiger partial charge in [0.05, 0.1) is 5.56 Å². The molecule has 1 aliphatic carbocycles. The lowest BCUT2D eigenvalue weighted by molar-refractivity contribution is -0.137. The van der Waals surface area contributed by atoms with Crippen molar-refractivity contribution in [2.75, 3.05) is 46.8 Å². The molecule has 1 aliphatic heterocycles. The Morgan fingerprint density at radius 1 is 0.889 bits per heavy atom. The molecule has 4 nitrogen and oxygen atoms in total. The van der Waals surface area contributed by atoms with Crippen LogP contribution in [0.1, 0.15) is 61.3 Å². The largest absolute Gasteiger partial charge is 0.486 e. The van der Waals surface area contributed by atoms with Crippen molar-refractivity contribution in [3.05, 3.63) is 65.2 Å². The minimum atomic E-state index is -4.35. The molecule has 2 aromatic carbocycles. The zero-order valence-corrected chi connectivity index (χ0v) is 21.6. The molecule has 1 saturated carbocycles. The first-order valence-corrected chi connectivity index (χ1v) is 13.3. The van der Waals surface area contributed by atoms with E-state index >= 15 is 0 Å². The molecule has 7 heteroatoms. The molecule has 0 amide bonds. The number of hydrogen-bond acceptors (Lipinski definition) is 4. The molecule has 0 N–H and O–H groups in total. The number of benzene rings is 2. The summed E-state index contributed by atoms with van der Waals surface area (Å²) < 4.78 is 44.9. The van der Waals surface area contributed by atoms with E-state index in [9.17, 15) is 13.2 Å². The van der Waals surface area contributed by atoms with Crippen LogP contribution in [0.5, 0.6) is 5.75 Å². The van der Waals surface area contributed by atoms with Gasteiger partial charge in [-0.2, -0.15) is 13.2 Å². The predicted molar refractivity (Wildman–Crippen MR) is 138 cm³/mol. The molecular weight excluding hydrogens is 463 g/mol. The zero-order chi connectivity index (χ0) is 25.5. The Labute approximate surface area is 214 Å². The standard InChI is InChI=1S/C29H40F3N3O/c1-33(2)17-16-28(36-27-14-12-25(13-15-27)29(30,31)32)24-10-8-23(9-11-24)22-34-18-20-35(21-19-34)26-6-4-3-5-7-26/h8-15,26,28H,3-7,16-22H2,1-2H3. The maximum absolute atomic E-state index is 12.9. The molecule has 2 aliphatic rings.